The number of halogens is 4. The SMILES string of the molecule is COc1cc(Br)cc(NC(=O)Nc2cc(C(F)(F)F)no2)c1OC. The summed E-state index contributed by atoms with van der Waals surface area (Å²) in [6, 6.07) is 2.87. The van der Waals surface area contributed by atoms with Crippen LogP contribution in [0.5, 0.6) is 11.5 Å². The highest BCUT2D eigenvalue weighted by Crippen LogP contribution is 2.38. The van der Waals surface area contributed by atoms with Gasteiger partial charge in [0.05, 0.1) is 19.9 Å². The maximum absolute atomic E-state index is 12.4. The molecule has 1 heterocycles. The number of nitrogens with zero attached hydrogens (tertiary/aromatic N) is 1. The molecule has 130 valence electrons. The van der Waals surface area contributed by atoms with E-state index in [1.165, 1.54) is 20.3 Å². The van der Waals surface area contributed by atoms with Crippen LogP contribution in [0.3, 0.4) is 0 Å². The molecule has 7 nitrogen and oxygen atoms in total. The van der Waals surface area contributed by atoms with Gasteiger partial charge >= 0.3 is 12.2 Å². The lowest BCUT2D eigenvalue weighted by atomic mass is 10.2. The zero-order valence-corrected chi connectivity index (χ0v) is 13.9. The molecule has 0 saturated carbocycles. The third-order valence-electron chi connectivity index (χ3n) is 2.73. The van der Waals surface area contributed by atoms with Gasteiger partial charge in [0.15, 0.2) is 17.2 Å². The summed E-state index contributed by atoms with van der Waals surface area (Å²) in [4.78, 5) is 11.9. The Morgan fingerprint density at radius 2 is 1.92 bits per heavy atom. The van der Waals surface area contributed by atoms with E-state index >= 15 is 0 Å². The fourth-order valence-electron chi connectivity index (χ4n) is 1.76. The van der Waals surface area contributed by atoms with Crippen molar-refractivity contribution >= 4 is 33.5 Å². The van der Waals surface area contributed by atoms with E-state index in [9.17, 15) is 18.0 Å². The zero-order valence-electron chi connectivity index (χ0n) is 12.3. The fraction of sp³-hybridized carbons (Fsp3) is 0.231. The van der Waals surface area contributed by atoms with Crippen molar-refractivity contribution < 1.29 is 32.0 Å². The van der Waals surface area contributed by atoms with E-state index in [1.807, 2.05) is 0 Å². The van der Waals surface area contributed by atoms with Crippen LogP contribution in [-0.4, -0.2) is 25.4 Å². The summed E-state index contributed by atoms with van der Waals surface area (Å²) in [5.41, 5.74) is -1.02. The van der Waals surface area contributed by atoms with Crippen molar-refractivity contribution in [1.29, 1.82) is 0 Å². The quantitative estimate of drug-likeness (QED) is 0.793. The summed E-state index contributed by atoms with van der Waals surface area (Å²) in [5, 5.41) is 7.35. The zero-order chi connectivity index (χ0) is 17.9. The average molecular weight is 410 g/mol. The number of alkyl halides is 3. The molecule has 11 heteroatoms. The molecule has 24 heavy (non-hydrogen) atoms. The Morgan fingerprint density at radius 3 is 2.46 bits per heavy atom. The second kappa shape index (κ2) is 6.99. The van der Waals surface area contributed by atoms with Crippen LogP contribution in [0, 0.1) is 0 Å². The number of amides is 2. The predicted molar refractivity (Wildman–Crippen MR) is 81.4 cm³/mol. The molecule has 0 saturated heterocycles. The van der Waals surface area contributed by atoms with E-state index in [-0.39, 0.29) is 11.4 Å². The van der Waals surface area contributed by atoms with Crippen molar-refractivity contribution in [3.05, 3.63) is 28.4 Å². The molecule has 2 rings (SSSR count). The topological polar surface area (TPSA) is 85.6 Å². The van der Waals surface area contributed by atoms with Gasteiger partial charge in [-0.1, -0.05) is 21.1 Å². The molecule has 0 aliphatic rings. The number of anilines is 2. The van der Waals surface area contributed by atoms with Crippen molar-refractivity contribution in [3.8, 4) is 11.5 Å². The van der Waals surface area contributed by atoms with Crippen molar-refractivity contribution in [3.63, 3.8) is 0 Å². The van der Waals surface area contributed by atoms with Gasteiger partial charge in [-0.2, -0.15) is 13.2 Å². The minimum Gasteiger partial charge on any atom is -0.493 e. The van der Waals surface area contributed by atoms with Gasteiger partial charge in [0.1, 0.15) is 0 Å². The molecule has 0 atom stereocenters. The Bertz CT molecular complexity index is 749. The van der Waals surface area contributed by atoms with Crippen molar-refractivity contribution in [1.82, 2.24) is 5.16 Å². The largest absolute Gasteiger partial charge is 0.493 e. The number of hydrogen-bond acceptors (Lipinski definition) is 5. The Morgan fingerprint density at radius 1 is 1.21 bits per heavy atom. The smallest absolute Gasteiger partial charge is 0.436 e. The molecule has 2 N–H and O–H groups in total. The van der Waals surface area contributed by atoms with Gasteiger partial charge in [-0.3, -0.25) is 5.32 Å². The standard InChI is InChI=1S/C13H11BrF3N3O4/c1-22-8-4-6(14)3-7(11(8)23-2)18-12(21)19-10-5-9(20-24-10)13(15,16)17/h3-5H,1-2H3,(H2,18,19,21). The van der Waals surface area contributed by atoms with Gasteiger partial charge in [0.25, 0.3) is 0 Å². The summed E-state index contributed by atoms with van der Waals surface area (Å²) < 4.78 is 52.6. The highest BCUT2D eigenvalue weighted by atomic mass is 79.9. The van der Waals surface area contributed by atoms with Crippen LogP contribution in [0.25, 0.3) is 0 Å². The molecule has 0 unspecified atom stereocenters. The highest BCUT2D eigenvalue weighted by Gasteiger charge is 2.35. The lowest BCUT2D eigenvalue weighted by molar-refractivity contribution is -0.142. The number of carbonyl (C=O) groups excluding carboxylic acids is 1. The van der Waals surface area contributed by atoms with Crippen LogP contribution < -0.4 is 20.1 Å². The number of nitrogens with one attached hydrogen (secondary N) is 2. The molecule has 2 amide bonds. The monoisotopic (exact) mass is 409 g/mol. The van der Waals surface area contributed by atoms with Gasteiger partial charge in [-0.05, 0) is 12.1 Å². The summed E-state index contributed by atoms with van der Waals surface area (Å²) in [6.45, 7) is 0. The molecular formula is C13H11BrF3N3O4. The predicted octanol–water partition coefficient (Wildman–Crippen LogP) is 4.12. The molecule has 0 aliphatic heterocycles. The Labute approximate surface area is 142 Å². The van der Waals surface area contributed by atoms with Gasteiger partial charge < -0.3 is 19.3 Å². The Hall–Kier alpha value is -2.43. The Balaban J connectivity index is 2.15. The van der Waals surface area contributed by atoms with Crippen LogP contribution in [0.4, 0.5) is 29.5 Å². The number of rotatable bonds is 4. The fourth-order valence-corrected chi connectivity index (χ4v) is 2.19. The van der Waals surface area contributed by atoms with E-state index in [0.29, 0.717) is 16.3 Å². The first-order chi connectivity index (χ1) is 11.2. The molecule has 1 aromatic heterocycles. The van der Waals surface area contributed by atoms with E-state index in [4.69, 9.17) is 9.47 Å². The highest BCUT2D eigenvalue weighted by molar-refractivity contribution is 9.10. The van der Waals surface area contributed by atoms with Crippen LogP contribution in [0.1, 0.15) is 5.69 Å². The van der Waals surface area contributed by atoms with Crippen molar-refractivity contribution in [2.45, 2.75) is 6.18 Å². The third kappa shape index (κ3) is 4.10. The maximum Gasteiger partial charge on any atom is 0.436 e. The molecule has 1 aromatic carbocycles. The van der Waals surface area contributed by atoms with Gasteiger partial charge in [-0.15, -0.1) is 0 Å². The van der Waals surface area contributed by atoms with E-state index < -0.39 is 23.8 Å². The van der Waals surface area contributed by atoms with E-state index in [1.54, 1.807) is 6.07 Å². The molecule has 0 fully saturated rings. The number of urea groups is 1. The first-order valence-electron chi connectivity index (χ1n) is 6.28. The number of carbonyl (C=O) groups is 1. The summed E-state index contributed by atoms with van der Waals surface area (Å²) in [7, 11) is 2.79. The molecule has 0 bridgehead atoms. The lowest BCUT2D eigenvalue weighted by Gasteiger charge is -2.14. The number of benzene rings is 1. The average Bonchev–Trinajstić information content (AvgIpc) is 2.95. The lowest BCUT2D eigenvalue weighted by Crippen LogP contribution is -2.19. The molecule has 0 radical (unpaired) electrons. The van der Waals surface area contributed by atoms with Gasteiger partial charge in [0.2, 0.25) is 5.88 Å². The van der Waals surface area contributed by atoms with Gasteiger partial charge in [-0.25, -0.2) is 4.79 Å². The molecular weight excluding hydrogens is 399 g/mol. The second-order valence-corrected chi connectivity index (χ2v) is 5.26. The Kier molecular flexibility index (Phi) is 5.22. The van der Waals surface area contributed by atoms with Gasteiger partial charge in [0, 0.05) is 10.5 Å². The number of ether oxygens (including phenoxy) is 2. The third-order valence-corrected chi connectivity index (χ3v) is 3.19. The first kappa shape index (κ1) is 17.9. The van der Waals surface area contributed by atoms with Crippen LogP contribution in [-0.2, 0) is 6.18 Å². The summed E-state index contributed by atoms with van der Waals surface area (Å²) in [5.74, 6) is 0.131. The molecule has 2 aromatic rings. The van der Waals surface area contributed by atoms with Crippen LogP contribution in [0.15, 0.2) is 27.2 Å². The minimum atomic E-state index is -4.67. The second-order valence-electron chi connectivity index (χ2n) is 4.34. The number of methoxy groups -OCH3 is 2. The van der Waals surface area contributed by atoms with E-state index in [0.717, 1.165) is 0 Å². The van der Waals surface area contributed by atoms with Crippen molar-refractivity contribution in [2.75, 3.05) is 24.9 Å². The summed E-state index contributed by atoms with van der Waals surface area (Å²) in [6.07, 6.45) is -4.67. The number of aromatic nitrogens is 1. The normalized spacial score (nSPS) is 11.1. The molecule has 0 aliphatic carbocycles. The van der Waals surface area contributed by atoms with E-state index in [2.05, 4.69) is 36.2 Å². The molecule has 0 spiro atoms. The van der Waals surface area contributed by atoms with Crippen molar-refractivity contribution in [2.24, 2.45) is 0 Å². The number of hydrogen-bond donors (Lipinski definition) is 2. The van der Waals surface area contributed by atoms with Crippen LogP contribution in [0.2, 0.25) is 0 Å². The van der Waals surface area contributed by atoms with Crippen LogP contribution >= 0.6 is 15.9 Å². The summed E-state index contributed by atoms with van der Waals surface area (Å²) >= 11 is 3.24. The first-order valence-corrected chi connectivity index (χ1v) is 7.07. The minimum absolute atomic E-state index is 0.233. The maximum atomic E-state index is 12.4.